The number of carbonyl (C=O) groups excluding carboxylic acids is 1. The van der Waals surface area contributed by atoms with Crippen LogP contribution in [0.4, 0.5) is 4.39 Å². The predicted octanol–water partition coefficient (Wildman–Crippen LogP) is 3.97. The number of carbonyl (C=O) groups is 1. The molecule has 1 aliphatic carbocycles. The molecule has 20 heavy (non-hydrogen) atoms. The van der Waals surface area contributed by atoms with E-state index in [1.807, 2.05) is 0 Å². The minimum atomic E-state index is -0.291. The number of benzene rings is 1. The minimum absolute atomic E-state index is 0.0473. The molecule has 3 heteroatoms. The second kappa shape index (κ2) is 6.98. The summed E-state index contributed by atoms with van der Waals surface area (Å²) < 4.78 is 13.5. The van der Waals surface area contributed by atoms with Gasteiger partial charge >= 0.3 is 0 Å². The monoisotopic (exact) mass is 277 g/mol. The average molecular weight is 277 g/mol. The van der Waals surface area contributed by atoms with E-state index in [4.69, 9.17) is 0 Å². The van der Waals surface area contributed by atoms with Crippen molar-refractivity contribution < 1.29 is 9.18 Å². The SMILES string of the molecule is CCCCN(CCC(=O)c1ccc(C)c(F)c1)C1CC1. The van der Waals surface area contributed by atoms with Gasteiger partial charge in [-0.05, 0) is 44.4 Å². The number of rotatable bonds is 8. The summed E-state index contributed by atoms with van der Waals surface area (Å²) in [6.07, 6.45) is 5.38. The lowest BCUT2D eigenvalue weighted by Gasteiger charge is -2.21. The molecule has 1 aromatic carbocycles. The van der Waals surface area contributed by atoms with Crippen LogP contribution >= 0.6 is 0 Å². The maximum Gasteiger partial charge on any atom is 0.164 e. The first-order chi connectivity index (χ1) is 9.61. The lowest BCUT2D eigenvalue weighted by molar-refractivity contribution is 0.0961. The summed E-state index contributed by atoms with van der Waals surface area (Å²) in [5.41, 5.74) is 1.09. The van der Waals surface area contributed by atoms with Gasteiger partial charge in [-0.2, -0.15) is 0 Å². The second-order valence-electron chi connectivity index (χ2n) is 5.76. The van der Waals surface area contributed by atoms with Gasteiger partial charge in [0.1, 0.15) is 5.82 Å². The largest absolute Gasteiger partial charge is 0.300 e. The predicted molar refractivity (Wildman–Crippen MR) is 79.6 cm³/mol. The summed E-state index contributed by atoms with van der Waals surface area (Å²) in [6, 6.07) is 5.46. The van der Waals surface area contributed by atoms with E-state index in [0.29, 0.717) is 23.6 Å². The van der Waals surface area contributed by atoms with Gasteiger partial charge in [-0.1, -0.05) is 25.5 Å². The molecule has 1 fully saturated rings. The van der Waals surface area contributed by atoms with Crippen molar-refractivity contribution in [2.75, 3.05) is 13.1 Å². The Balaban J connectivity index is 1.88. The van der Waals surface area contributed by atoms with Crippen molar-refractivity contribution in [1.82, 2.24) is 4.90 Å². The summed E-state index contributed by atoms with van der Waals surface area (Å²) in [5, 5.41) is 0. The number of Topliss-reactive ketones (excluding diaryl/α,β-unsaturated/α-hetero) is 1. The fourth-order valence-electron chi connectivity index (χ4n) is 2.43. The highest BCUT2D eigenvalue weighted by Crippen LogP contribution is 2.27. The van der Waals surface area contributed by atoms with E-state index in [9.17, 15) is 9.18 Å². The number of nitrogens with zero attached hydrogens (tertiary/aromatic N) is 1. The van der Waals surface area contributed by atoms with E-state index in [1.165, 1.54) is 31.7 Å². The summed E-state index contributed by atoms with van der Waals surface area (Å²) in [7, 11) is 0. The molecule has 0 aromatic heterocycles. The molecule has 2 nitrogen and oxygen atoms in total. The molecule has 0 unspecified atom stereocenters. The Morgan fingerprint density at radius 2 is 2.10 bits per heavy atom. The number of unbranched alkanes of at least 4 members (excludes halogenated alkanes) is 1. The van der Waals surface area contributed by atoms with Gasteiger partial charge in [0.25, 0.3) is 0 Å². The molecular weight excluding hydrogens is 253 g/mol. The van der Waals surface area contributed by atoms with Crippen LogP contribution < -0.4 is 0 Å². The molecule has 2 rings (SSSR count). The third kappa shape index (κ3) is 4.14. The summed E-state index contributed by atoms with van der Waals surface area (Å²) in [5.74, 6) is -0.244. The summed E-state index contributed by atoms with van der Waals surface area (Å²) in [4.78, 5) is 14.6. The van der Waals surface area contributed by atoms with Gasteiger partial charge < -0.3 is 0 Å². The van der Waals surface area contributed by atoms with Crippen molar-refractivity contribution in [3.05, 3.63) is 35.1 Å². The molecule has 1 saturated carbocycles. The standard InChI is InChI=1S/C17H24FNO/c1-3-4-10-19(15-7-8-15)11-9-17(20)14-6-5-13(2)16(18)12-14/h5-6,12,15H,3-4,7-11H2,1-2H3. The molecule has 0 bridgehead atoms. The molecule has 0 radical (unpaired) electrons. The van der Waals surface area contributed by atoms with Gasteiger partial charge in [-0.15, -0.1) is 0 Å². The molecular formula is C17H24FNO. The lowest BCUT2D eigenvalue weighted by atomic mass is 10.1. The van der Waals surface area contributed by atoms with Crippen molar-refractivity contribution in [2.24, 2.45) is 0 Å². The number of halogens is 1. The lowest BCUT2D eigenvalue weighted by Crippen LogP contribution is -2.29. The Kier molecular flexibility index (Phi) is 5.30. The summed E-state index contributed by atoms with van der Waals surface area (Å²) >= 11 is 0. The molecule has 0 heterocycles. The zero-order valence-electron chi connectivity index (χ0n) is 12.5. The van der Waals surface area contributed by atoms with Gasteiger partial charge in [0.15, 0.2) is 5.78 Å². The number of hydrogen-bond donors (Lipinski definition) is 0. The van der Waals surface area contributed by atoms with Crippen LogP contribution in [0.3, 0.4) is 0 Å². The summed E-state index contributed by atoms with van der Waals surface area (Å²) in [6.45, 7) is 5.78. The molecule has 1 aromatic rings. The Bertz CT molecular complexity index is 468. The Labute approximate surface area is 121 Å². The van der Waals surface area contributed by atoms with Gasteiger partial charge in [0.05, 0.1) is 0 Å². The van der Waals surface area contributed by atoms with E-state index in [-0.39, 0.29) is 11.6 Å². The molecule has 1 aliphatic rings. The Hall–Kier alpha value is -1.22. The fraction of sp³-hybridized carbons (Fsp3) is 0.588. The van der Waals surface area contributed by atoms with Crippen LogP contribution in [0.15, 0.2) is 18.2 Å². The highest BCUT2D eigenvalue weighted by molar-refractivity contribution is 5.96. The smallest absolute Gasteiger partial charge is 0.164 e. The van der Waals surface area contributed by atoms with Crippen molar-refractivity contribution in [2.45, 2.75) is 52.0 Å². The first-order valence-corrected chi connectivity index (χ1v) is 7.65. The number of hydrogen-bond acceptors (Lipinski definition) is 2. The van der Waals surface area contributed by atoms with Crippen LogP contribution in [0.5, 0.6) is 0 Å². The molecule has 0 amide bonds. The first kappa shape index (κ1) is 15.2. The van der Waals surface area contributed by atoms with Gasteiger partial charge in [0.2, 0.25) is 0 Å². The maximum absolute atomic E-state index is 13.5. The van der Waals surface area contributed by atoms with Crippen molar-refractivity contribution in [1.29, 1.82) is 0 Å². The van der Waals surface area contributed by atoms with Crippen LogP contribution in [-0.2, 0) is 0 Å². The van der Waals surface area contributed by atoms with Crippen LogP contribution in [-0.4, -0.2) is 29.8 Å². The molecule has 110 valence electrons. The van der Waals surface area contributed by atoms with Gasteiger partial charge in [-0.3, -0.25) is 9.69 Å². The van der Waals surface area contributed by atoms with Crippen LogP contribution in [0.1, 0.15) is 54.9 Å². The van der Waals surface area contributed by atoms with E-state index >= 15 is 0 Å². The Morgan fingerprint density at radius 3 is 2.70 bits per heavy atom. The maximum atomic E-state index is 13.5. The zero-order valence-corrected chi connectivity index (χ0v) is 12.5. The second-order valence-corrected chi connectivity index (χ2v) is 5.76. The highest BCUT2D eigenvalue weighted by Gasteiger charge is 2.28. The van der Waals surface area contributed by atoms with Crippen LogP contribution in [0, 0.1) is 12.7 Å². The number of aryl methyl sites for hydroxylation is 1. The van der Waals surface area contributed by atoms with E-state index in [1.54, 1.807) is 19.1 Å². The molecule has 0 aliphatic heterocycles. The topological polar surface area (TPSA) is 20.3 Å². The fourth-order valence-corrected chi connectivity index (χ4v) is 2.43. The van der Waals surface area contributed by atoms with E-state index in [0.717, 1.165) is 13.1 Å². The molecule has 0 atom stereocenters. The molecule has 0 N–H and O–H groups in total. The quantitative estimate of drug-likeness (QED) is 0.670. The minimum Gasteiger partial charge on any atom is -0.300 e. The van der Waals surface area contributed by atoms with Crippen LogP contribution in [0.25, 0.3) is 0 Å². The average Bonchev–Trinajstić information content (AvgIpc) is 3.26. The third-order valence-corrected chi connectivity index (χ3v) is 3.98. The first-order valence-electron chi connectivity index (χ1n) is 7.65. The normalized spacial score (nSPS) is 14.8. The molecule has 0 spiro atoms. The van der Waals surface area contributed by atoms with Crippen LogP contribution in [0.2, 0.25) is 0 Å². The van der Waals surface area contributed by atoms with Crippen molar-refractivity contribution in [3.8, 4) is 0 Å². The van der Waals surface area contributed by atoms with E-state index < -0.39 is 0 Å². The van der Waals surface area contributed by atoms with Crippen molar-refractivity contribution in [3.63, 3.8) is 0 Å². The Morgan fingerprint density at radius 1 is 1.35 bits per heavy atom. The highest BCUT2D eigenvalue weighted by atomic mass is 19.1. The van der Waals surface area contributed by atoms with E-state index in [2.05, 4.69) is 11.8 Å². The van der Waals surface area contributed by atoms with Crippen molar-refractivity contribution >= 4 is 5.78 Å². The zero-order chi connectivity index (χ0) is 14.5. The molecule has 0 saturated heterocycles. The van der Waals surface area contributed by atoms with Gasteiger partial charge in [0, 0.05) is 24.6 Å². The van der Waals surface area contributed by atoms with Gasteiger partial charge in [-0.25, -0.2) is 4.39 Å². The third-order valence-electron chi connectivity index (χ3n) is 3.98. The number of ketones is 1.